The second-order valence-corrected chi connectivity index (χ2v) is 9.01. The molecule has 0 bridgehead atoms. The van der Waals surface area contributed by atoms with Crippen LogP contribution in [0.4, 0.5) is 0 Å². The Bertz CT molecular complexity index is 934. The molecule has 1 unspecified atom stereocenters. The van der Waals surface area contributed by atoms with Gasteiger partial charge in [-0.05, 0) is 37.8 Å². The average Bonchev–Trinajstić information content (AvgIpc) is 2.79. The summed E-state index contributed by atoms with van der Waals surface area (Å²) in [5.41, 5.74) is 2.97. The molecule has 0 saturated carbocycles. The van der Waals surface area contributed by atoms with Gasteiger partial charge in [-0.2, -0.15) is 0 Å². The summed E-state index contributed by atoms with van der Waals surface area (Å²) in [6.45, 7) is 3.61. The molecule has 1 N–H and O–H groups in total. The van der Waals surface area contributed by atoms with Crippen LogP contribution in [0.2, 0.25) is 0 Å². The monoisotopic (exact) mass is 350 g/mol. The summed E-state index contributed by atoms with van der Waals surface area (Å²) in [6, 6.07) is 3.74. The maximum Gasteiger partial charge on any atom is 0.277 e. The Morgan fingerprint density at radius 1 is 1.35 bits per heavy atom. The fourth-order valence-electron chi connectivity index (χ4n) is 3.16. The molecule has 5 nitrogen and oxygen atoms in total. The number of aromatic amines is 1. The molecular formula is C16H18N2O3S2. The summed E-state index contributed by atoms with van der Waals surface area (Å²) in [4.78, 5) is 26.1. The number of fused-ring (bicyclic) bond motifs is 1. The second kappa shape index (κ2) is 6.05. The highest BCUT2D eigenvalue weighted by Crippen LogP contribution is 2.29. The lowest BCUT2D eigenvalue weighted by Crippen LogP contribution is -2.21. The average molecular weight is 350 g/mol. The van der Waals surface area contributed by atoms with Gasteiger partial charge in [0.05, 0.1) is 0 Å². The minimum atomic E-state index is -0.409. The van der Waals surface area contributed by atoms with Gasteiger partial charge in [-0.15, -0.1) is 0 Å². The highest BCUT2D eigenvalue weighted by atomic mass is 32.8. The lowest BCUT2D eigenvalue weighted by molar-refractivity contribution is 0.103. The van der Waals surface area contributed by atoms with E-state index in [-0.39, 0.29) is 16.9 Å². The van der Waals surface area contributed by atoms with Crippen molar-refractivity contribution in [2.75, 3.05) is 5.75 Å². The standard InChI is InChI=1S/C16H18N2O3S2/c1-9-12(14(19)13-10(2)17-18(3)16(13)20)7-6-11-5-4-8-23(22-21)15(9)11/h6-7,17H,4-5,8H2,1-3H3. The quantitative estimate of drug-likeness (QED) is 0.837. The molecular weight excluding hydrogens is 332 g/mol. The second-order valence-electron chi connectivity index (χ2n) is 5.75. The fraction of sp³-hybridized carbons (Fsp3) is 0.375. The van der Waals surface area contributed by atoms with Crippen LogP contribution in [-0.4, -0.2) is 25.5 Å². The number of carbonyl (C=O) groups excluding carboxylic acids is 1. The summed E-state index contributed by atoms with van der Waals surface area (Å²) in [5.74, 6) is 0.597. The van der Waals surface area contributed by atoms with E-state index in [1.54, 1.807) is 20.0 Å². The first-order chi connectivity index (χ1) is 11.0. The van der Waals surface area contributed by atoms with E-state index in [4.69, 9.17) is 0 Å². The van der Waals surface area contributed by atoms with Crippen molar-refractivity contribution in [1.29, 1.82) is 0 Å². The van der Waals surface area contributed by atoms with Crippen LogP contribution in [-0.2, 0) is 33.1 Å². The van der Waals surface area contributed by atoms with E-state index in [1.807, 2.05) is 13.0 Å². The maximum absolute atomic E-state index is 12.9. The lowest BCUT2D eigenvalue weighted by atomic mass is 9.96. The number of hydrogen-bond donors (Lipinski definition) is 1. The number of ketones is 1. The van der Waals surface area contributed by atoms with Gasteiger partial charge in [0.15, 0.2) is 0 Å². The number of hydrogen-bond acceptors (Lipinski definition) is 3. The molecule has 2 aromatic rings. The number of H-pyrrole nitrogens is 1. The van der Waals surface area contributed by atoms with Crippen LogP contribution in [0.1, 0.15) is 39.2 Å². The van der Waals surface area contributed by atoms with Crippen LogP contribution in [0, 0.1) is 13.8 Å². The minimum absolute atomic E-state index is 0.181. The first-order valence-corrected chi connectivity index (χ1v) is 10.0. The molecule has 1 aliphatic rings. The fourth-order valence-corrected chi connectivity index (χ4v) is 6.28. The zero-order valence-corrected chi connectivity index (χ0v) is 14.9. The maximum atomic E-state index is 12.9. The highest BCUT2D eigenvalue weighted by Gasteiger charge is 2.25. The van der Waals surface area contributed by atoms with Crippen LogP contribution < -0.4 is 5.56 Å². The Morgan fingerprint density at radius 3 is 2.70 bits per heavy atom. The number of aryl methyl sites for hydroxylation is 3. The molecule has 1 atom stereocenters. The smallest absolute Gasteiger partial charge is 0.277 e. The van der Waals surface area contributed by atoms with Crippen molar-refractivity contribution in [1.82, 2.24) is 9.78 Å². The zero-order valence-electron chi connectivity index (χ0n) is 13.3. The molecule has 23 heavy (non-hydrogen) atoms. The first-order valence-electron chi connectivity index (χ1n) is 7.39. The van der Waals surface area contributed by atoms with E-state index in [1.165, 1.54) is 4.68 Å². The number of rotatable bonds is 2. The van der Waals surface area contributed by atoms with Gasteiger partial charge in [-0.1, -0.05) is 21.6 Å². The molecule has 1 aliphatic heterocycles. The predicted molar refractivity (Wildman–Crippen MR) is 92.3 cm³/mol. The highest BCUT2D eigenvalue weighted by molar-refractivity contribution is 8.31. The number of nitrogens with one attached hydrogen (secondary N) is 1. The number of aromatic nitrogens is 2. The third-order valence-electron chi connectivity index (χ3n) is 4.27. The number of carbonyl (C=O) groups is 1. The number of nitrogens with zero attached hydrogens (tertiary/aromatic N) is 1. The Morgan fingerprint density at radius 2 is 2.09 bits per heavy atom. The van der Waals surface area contributed by atoms with Gasteiger partial charge in [0.1, 0.15) is 15.8 Å². The summed E-state index contributed by atoms with van der Waals surface area (Å²) in [7, 11) is 1.81. The first kappa shape index (κ1) is 16.1. The molecule has 7 heteroatoms. The van der Waals surface area contributed by atoms with Crippen molar-refractivity contribution in [2.24, 2.45) is 7.05 Å². The predicted octanol–water partition coefficient (Wildman–Crippen LogP) is 1.61. The summed E-state index contributed by atoms with van der Waals surface area (Å²) < 4.78 is 12.8. The van der Waals surface area contributed by atoms with Crippen LogP contribution in [0.15, 0.2) is 21.8 Å². The molecule has 122 valence electrons. The van der Waals surface area contributed by atoms with Crippen LogP contribution in [0.25, 0.3) is 0 Å². The molecule has 1 aromatic heterocycles. The largest absolute Gasteiger partial charge is 0.299 e. The summed E-state index contributed by atoms with van der Waals surface area (Å²) >= 11 is 0. The Hall–Kier alpha value is -1.73. The van der Waals surface area contributed by atoms with Crippen molar-refractivity contribution in [2.45, 2.75) is 31.6 Å². The van der Waals surface area contributed by atoms with E-state index in [0.29, 0.717) is 21.5 Å². The summed E-state index contributed by atoms with van der Waals surface area (Å²) in [6.07, 6.45) is 1.95. The zero-order chi connectivity index (χ0) is 16.7. The van der Waals surface area contributed by atoms with Gasteiger partial charge < -0.3 is 0 Å². The van der Waals surface area contributed by atoms with E-state index in [2.05, 4.69) is 5.10 Å². The van der Waals surface area contributed by atoms with Gasteiger partial charge in [0.25, 0.3) is 5.56 Å². The normalized spacial score (nSPS) is 16.9. The number of benzene rings is 1. The van der Waals surface area contributed by atoms with Crippen LogP contribution in [0.3, 0.4) is 0 Å². The molecule has 0 saturated heterocycles. The third kappa shape index (κ3) is 2.57. The van der Waals surface area contributed by atoms with Crippen molar-refractivity contribution >= 4 is 25.5 Å². The van der Waals surface area contributed by atoms with Crippen molar-refractivity contribution < 1.29 is 9.00 Å². The molecule has 0 aliphatic carbocycles. The van der Waals surface area contributed by atoms with Gasteiger partial charge in [0.2, 0.25) is 5.78 Å². The van der Waals surface area contributed by atoms with Gasteiger partial charge in [-0.25, -0.2) is 4.21 Å². The van der Waals surface area contributed by atoms with Gasteiger partial charge in [0, 0.05) is 29.0 Å². The van der Waals surface area contributed by atoms with E-state index >= 15 is 0 Å². The Kier molecular flexibility index (Phi) is 4.25. The molecule has 2 heterocycles. The molecule has 0 radical (unpaired) electrons. The van der Waals surface area contributed by atoms with E-state index < -0.39 is 9.45 Å². The third-order valence-corrected chi connectivity index (χ3v) is 7.61. The topological polar surface area (TPSA) is 71.9 Å². The van der Waals surface area contributed by atoms with Crippen molar-refractivity contribution in [3.05, 3.63) is 50.4 Å². The van der Waals surface area contributed by atoms with Gasteiger partial charge >= 0.3 is 0 Å². The van der Waals surface area contributed by atoms with Crippen molar-refractivity contribution in [3.63, 3.8) is 0 Å². The molecule has 3 rings (SSSR count). The molecule has 0 amide bonds. The van der Waals surface area contributed by atoms with Gasteiger partial charge in [-0.3, -0.25) is 19.4 Å². The van der Waals surface area contributed by atoms with E-state index in [9.17, 15) is 13.8 Å². The summed E-state index contributed by atoms with van der Waals surface area (Å²) in [5, 5.41) is 2.86. The Balaban J connectivity index is 2.20. The lowest BCUT2D eigenvalue weighted by Gasteiger charge is -2.21. The Labute approximate surface area is 139 Å². The van der Waals surface area contributed by atoms with Crippen molar-refractivity contribution in [3.8, 4) is 0 Å². The minimum Gasteiger partial charge on any atom is -0.299 e. The molecule has 1 aromatic carbocycles. The van der Waals surface area contributed by atoms with Crippen LogP contribution in [0.5, 0.6) is 0 Å². The molecule has 0 fully saturated rings. The SMILES string of the molecule is Cc1[nH]n(C)c(=O)c1C(=O)c1ccc2c(c1C)S(=S=O)CCC2. The molecule has 0 spiro atoms. The van der Waals surface area contributed by atoms with E-state index in [0.717, 1.165) is 34.6 Å². The van der Waals surface area contributed by atoms with Crippen LogP contribution >= 0.6 is 0 Å².